The fourth-order valence-corrected chi connectivity index (χ4v) is 2.09. The summed E-state index contributed by atoms with van der Waals surface area (Å²) in [5.41, 5.74) is 1.65. The maximum Gasteiger partial charge on any atom is 0.251 e. The predicted octanol–water partition coefficient (Wildman–Crippen LogP) is 0.680. The van der Waals surface area contributed by atoms with Gasteiger partial charge < -0.3 is 25.6 Å². The van der Waals surface area contributed by atoms with Crippen LogP contribution >= 0.6 is 0 Å². The molecular formula is C18H31N5O2. The molecule has 0 unspecified atom stereocenters. The van der Waals surface area contributed by atoms with Gasteiger partial charge in [0.2, 0.25) is 0 Å². The van der Waals surface area contributed by atoms with Crippen LogP contribution in [0.4, 0.5) is 0 Å². The van der Waals surface area contributed by atoms with Gasteiger partial charge in [-0.15, -0.1) is 0 Å². The van der Waals surface area contributed by atoms with E-state index in [2.05, 4.69) is 20.9 Å². The van der Waals surface area contributed by atoms with Crippen LogP contribution in [0.25, 0.3) is 0 Å². The second kappa shape index (κ2) is 12.3. The van der Waals surface area contributed by atoms with Crippen molar-refractivity contribution in [3.63, 3.8) is 0 Å². The van der Waals surface area contributed by atoms with E-state index in [1.54, 1.807) is 7.11 Å². The molecule has 0 spiro atoms. The summed E-state index contributed by atoms with van der Waals surface area (Å²) in [7, 11) is 5.63. The number of hydrogen-bond acceptors (Lipinski definition) is 4. The van der Waals surface area contributed by atoms with Gasteiger partial charge in [0.1, 0.15) is 0 Å². The first-order valence-corrected chi connectivity index (χ1v) is 8.59. The van der Waals surface area contributed by atoms with E-state index in [0.717, 1.165) is 24.6 Å². The predicted molar refractivity (Wildman–Crippen MR) is 102 cm³/mol. The highest BCUT2D eigenvalue weighted by atomic mass is 16.5. The lowest BCUT2D eigenvalue weighted by atomic mass is 10.1. The van der Waals surface area contributed by atoms with Crippen LogP contribution in [0.1, 0.15) is 22.8 Å². The highest BCUT2D eigenvalue weighted by Gasteiger charge is 2.06. The molecular weight excluding hydrogens is 318 g/mol. The summed E-state index contributed by atoms with van der Waals surface area (Å²) in [6, 6.07) is 7.56. The fraction of sp³-hybridized carbons (Fsp3) is 0.556. The average Bonchev–Trinajstić information content (AvgIpc) is 2.59. The Morgan fingerprint density at radius 3 is 2.68 bits per heavy atom. The van der Waals surface area contributed by atoms with Crippen molar-refractivity contribution >= 4 is 11.9 Å². The minimum atomic E-state index is -0.0576. The standard InChI is InChI=1S/C18H31N5O2/c1-5-19-18(21-10-12-25-4)22-14-15-7-6-8-16(13-15)17(24)20-9-11-23(2)3/h6-8,13H,5,9-12,14H2,1-4H3,(H,20,24)(H2,19,21,22). The molecule has 0 saturated heterocycles. The molecule has 1 rings (SSSR count). The van der Waals surface area contributed by atoms with Gasteiger partial charge in [-0.25, -0.2) is 4.99 Å². The number of amides is 1. The first kappa shape index (κ1) is 20.9. The Morgan fingerprint density at radius 1 is 1.20 bits per heavy atom. The van der Waals surface area contributed by atoms with E-state index < -0.39 is 0 Å². The van der Waals surface area contributed by atoms with Crippen LogP contribution in [0.5, 0.6) is 0 Å². The van der Waals surface area contributed by atoms with E-state index in [9.17, 15) is 4.79 Å². The number of methoxy groups -OCH3 is 1. The molecule has 1 aromatic carbocycles. The molecule has 0 aromatic heterocycles. The normalized spacial score (nSPS) is 11.5. The molecule has 140 valence electrons. The number of benzene rings is 1. The van der Waals surface area contributed by atoms with Gasteiger partial charge >= 0.3 is 0 Å². The van der Waals surface area contributed by atoms with Crippen molar-refractivity contribution in [1.82, 2.24) is 20.9 Å². The molecule has 0 aliphatic carbocycles. The van der Waals surface area contributed by atoms with Gasteiger partial charge in [-0.1, -0.05) is 12.1 Å². The zero-order chi connectivity index (χ0) is 18.5. The number of nitrogens with one attached hydrogen (secondary N) is 3. The SMILES string of the molecule is CCNC(=NCc1cccc(C(=O)NCCN(C)C)c1)NCCOC. The van der Waals surface area contributed by atoms with Crippen LogP contribution in [-0.2, 0) is 11.3 Å². The Bertz CT molecular complexity index is 546. The number of aliphatic imine (C=N–C) groups is 1. The molecule has 7 heteroatoms. The summed E-state index contributed by atoms with van der Waals surface area (Å²) in [5, 5.41) is 9.31. The summed E-state index contributed by atoms with van der Waals surface area (Å²) in [6.45, 7) is 6.06. The number of rotatable bonds is 10. The lowest BCUT2D eigenvalue weighted by molar-refractivity contribution is 0.0951. The van der Waals surface area contributed by atoms with Gasteiger partial charge in [-0.05, 0) is 38.7 Å². The Labute approximate surface area is 150 Å². The first-order valence-electron chi connectivity index (χ1n) is 8.59. The lowest BCUT2D eigenvalue weighted by Crippen LogP contribution is -2.38. The van der Waals surface area contributed by atoms with Crippen molar-refractivity contribution in [2.24, 2.45) is 4.99 Å². The zero-order valence-electron chi connectivity index (χ0n) is 15.8. The minimum absolute atomic E-state index is 0.0576. The van der Waals surface area contributed by atoms with Crippen LogP contribution in [0, 0.1) is 0 Å². The average molecular weight is 349 g/mol. The zero-order valence-corrected chi connectivity index (χ0v) is 15.8. The van der Waals surface area contributed by atoms with Crippen LogP contribution in [-0.4, -0.2) is 70.8 Å². The van der Waals surface area contributed by atoms with Gasteiger partial charge in [0, 0.05) is 38.9 Å². The van der Waals surface area contributed by atoms with Crippen LogP contribution in [0.2, 0.25) is 0 Å². The van der Waals surface area contributed by atoms with Gasteiger partial charge in [-0.3, -0.25) is 4.79 Å². The van der Waals surface area contributed by atoms with E-state index >= 15 is 0 Å². The topological polar surface area (TPSA) is 78.0 Å². The Balaban J connectivity index is 2.63. The smallest absolute Gasteiger partial charge is 0.251 e. The Hall–Kier alpha value is -2.12. The molecule has 0 heterocycles. The van der Waals surface area contributed by atoms with E-state index in [1.165, 1.54) is 0 Å². The van der Waals surface area contributed by atoms with Crippen molar-refractivity contribution in [3.8, 4) is 0 Å². The number of nitrogens with zero attached hydrogens (tertiary/aromatic N) is 2. The molecule has 0 radical (unpaired) electrons. The number of guanidine groups is 1. The second-order valence-corrected chi connectivity index (χ2v) is 5.87. The molecule has 7 nitrogen and oxygen atoms in total. The minimum Gasteiger partial charge on any atom is -0.383 e. The Kier molecular flexibility index (Phi) is 10.3. The molecule has 0 aliphatic rings. The molecule has 0 fully saturated rings. The molecule has 25 heavy (non-hydrogen) atoms. The number of ether oxygens (including phenoxy) is 1. The fourth-order valence-electron chi connectivity index (χ4n) is 2.09. The molecule has 1 aromatic rings. The lowest BCUT2D eigenvalue weighted by Gasteiger charge is -2.12. The third-order valence-corrected chi connectivity index (χ3v) is 3.40. The summed E-state index contributed by atoms with van der Waals surface area (Å²) < 4.78 is 5.03. The van der Waals surface area contributed by atoms with Gasteiger partial charge in [-0.2, -0.15) is 0 Å². The number of likely N-dealkylation sites (N-methyl/N-ethyl adjacent to an activating group) is 1. The third-order valence-electron chi connectivity index (χ3n) is 3.40. The second-order valence-electron chi connectivity index (χ2n) is 5.87. The van der Waals surface area contributed by atoms with Crippen LogP contribution < -0.4 is 16.0 Å². The summed E-state index contributed by atoms with van der Waals surface area (Å²) >= 11 is 0. The van der Waals surface area contributed by atoms with E-state index in [0.29, 0.717) is 31.8 Å². The number of carbonyl (C=O) groups excluding carboxylic acids is 1. The van der Waals surface area contributed by atoms with E-state index in [4.69, 9.17) is 4.74 Å². The molecule has 1 amide bonds. The van der Waals surface area contributed by atoms with Crippen LogP contribution in [0.15, 0.2) is 29.3 Å². The van der Waals surface area contributed by atoms with Crippen molar-refractivity contribution in [2.45, 2.75) is 13.5 Å². The Morgan fingerprint density at radius 2 is 2.00 bits per heavy atom. The molecule has 0 aliphatic heterocycles. The summed E-state index contributed by atoms with van der Waals surface area (Å²) in [6.07, 6.45) is 0. The maximum absolute atomic E-state index is 12.2. The molecule has 0 saturated carbocycles. The van der Waals surface area contributed by atoms with Gasteiger partial charge in [0.25, 0.3) is 5.91 Å². The number of hydrogen-bond donors (Lipinski definition) is 3. The maximum atomic E-state index is 12.2. The number of carbonyl (C=O) groups is 1. The molecule has 0 bridgehead atoms. The van der Waals surface area contributed by atoms with Gasteiger partial charge in [0.15, 0.2) is 5.96 Å². The van der Waals surface area contributed by atoms with Crippen molar-refractivity contribution in [3.05, 3.63) is 35.4 Å². The summed E-state index contributed by atoms with van der Waals surface area (Å²) in [5.74, 6) is 0.679. The molecule has 3 N–H and O–H groups in total. The van der Waals surface area contributed by atoms with Gasteiger partial charge in [0.05, 0.1) is 13.2 Å². The van der Waals surface area contributed by atoms with Crippen molar-refractivity contribution < 1.29 is 9.53 Å². The monoisotopic (exact) mass is 349 g/mol. The largest absolute Gasteiger partial charge is 0.383 e. The van der Waals surface area contributed by atoms with E-state index in [-0.39, 0.29) is 5.91 Å². The highest BCUT2D eigenvalue weighted by molar-refractivity contribution is 5.94. The first-order chi connectivity index (χ1) is 12.1. The van der Waals surface area contributed by atoms with Crippen molar-refractivity contribution in [2.75, 3.05) is 54.0 Å². The third kappa shape index (κ3) is 9.07. The quantitative estimate of drug-likeness (QED) is 0.329. The van der Waals surface area contributed by atoms with Crippen LogP contribution in [0.3, 0.4) is 0 Å². The van der Waals surface area contributed by atoms with E-state index in [1.807, 2.05) is 50.2 Å². The molecule has 0 atom stereocenters. The highest BCUT2D eigenvalue weighted by Crippen LogP contribution is 2.06. The summed E-state index contributed by atoms with van der Waals surface area (Å²) in [4.78, 5) is 18.8. The van der Waals surface area contributed by atoms with Crippen molar-refractivity contribution in [1.29, 1.82) is 0 Å².